The van der Waals surface area contributed by atoms with Gasteiger partial charge in [0.15, 0.2) is 5.76 Å². The van der Waals surface area contributed by atoms with E-state index in [0.717, 1.165) is 0 Å². The van der Waals surface area contributed by atoms with E-state index >= 15 is 0 Å². The quantitative estimate of drug-likeness (QED) is 0.596. The molecular weight excluding hydrogens is 441 g/mol. The Morgan fingerprint density at radius 2 is 1.55 bits per heavy atom. The number of aliphatic hydroxyl groups excluding tert-OH is 1. The van der Waals surface area contributed by atoms with Gasteiger partial charge in [-0.1, -0.05) is 60.1 Å². The molecule has 1 heterocycles. The summed E-state index contributed by atoms with van der Waals surface area (Å²) in [5.41, 5.74) is 0.927. The van der Waals surface area contributed by atoms with Gasteiger partial charge < -0.3 is 10.0 Å². The summed E-state index contributed by atoms with van der Waals surface area (Å²) in [5.74, 6) is -2.21. The van der Waals surface area contributed by atoms with Gasteiger partial charge in [-0.15, -0.1) is 0 Å². The van der Waals surface area contributed by atoms with Crippen molar-refractivity contribution in [1.29, 1.82) is 0 Å². The molecule has 0 fully saturated rings. The molecule has 0 spiro atoms. The largest absolute Gasteiger partial charge is 0.502 e. The molecule has 8 heteroatoms. The number of halogens is 2. The second kappa shape index (κ2) is 8.17. The molecule has 1 amide bonds. The first-order valence-corrected chi connectivity index (χ1v) is 11.2. The molecule has 0 radical (unpaired) electrons. The lowest BCUT2D eigenvalue weighted by molar-refractivity contribution is -0.130. The Hall–Kier alpha value is -3.16. The molecule has 0 aromatic heterocycles. The van der Waals surface area contributed by atoms with Crippen molar-refractivity contribution in [2.24, 2.45) is 0 Å². The highest BCUT2D eigenvalue weighted by molar-refractivity contribution is 7.95. The van der Waals surface area contributed by atoms with Crippen molar-refractivity contribution in [3.05, 3.63) is 111 Å². The van der Waals surface area contributed by atoms with Crippen LogP contribution in [-0.2, 0) is 21.2 Å². The van der Waals surface area contributed by atoms with Gasteiger partial charge in [0.05, 0.1) is 10.9 Å². The van der Waals surface area contributed by atoms with E-state index in [1.807, 2.05) is 0 Å². The Bertz CT molecular complexity index is 1270. The fraction of sp³-hybridized carbons (Fsp3) is 0.0870. The third kappa shape index (κ3) is 3.82. The molecule has 5 nitrogen and oxygen atoms in total. The molecule has 1 N–H and O–H groups in total. The van der Waals surface area contributed by atoms with Crippen molar-refractivity contribution in [1.82, 2.24) is 4.90 Å². The minimum atomic E-state index is -4.22. The molecule has 1 atom stereocenters. The molecule has 31 heavy (non-hydrogen) atoms. The molecule has 0 bridgehead atoms. The van der Waals surface area contributed by atoms with Gasteiger partial charge >= 0.3 is 0 Å². The van der Waals surface area contributed by atoms with Crippen LogP contribution < -0.4 is 0 Å². The zero-order valence-corrected chi connectivity index (χ0v) is 17.6. The van der Waals surface area contributed by atoms with Crippen LogP contribution in [0.5, 0.6) is 0 Å². The molecule has 0 saturated carbocycles. The Morgan fingerprint density at radius 3 is 2.19 bits per heavy atom. The summed E-state index contributed by atoms with van der Waals surface area (Å²) in [6, 6.07) is 18.4. The summed E-state index contributed by atoms with van der Waals surface area (Å²) >= 11 is 6.24. The average Bonchev–Trinajstić information content (AvgIpc) is 3.02. The number of carbonyl (C=O) groups is 1. The van der Waals surface area contributed by atoms with Crippen LogP contribution in [0.15, 0.2) is 94.4 Å². The zero-order valence-electron chi connectivity index (χ0n) is 16.1. The number of aliphatic hydroxyl groups is 1. The van der Waals surface area contributed by atoms with Crippen molar-refractivity contribution >= 4 is 27.3 Å². The molecule has 0 saturated heterocycles. The Balaban J connectivity index is 1.87. The standard InChI is InChI=1S/C23H17ClFNO4S/c24-19-9-5-4-6-16(19)14-26-20(15-10-12-17(25)13-11-15)22(21(27)23(26)28)31(29,30)18-7-2-1-3-8-18/h1-13,20,27H,14H2/t20-/m0/s1. The summed E-state index contributed by atoms with van der Waals surface area (Å²) in [6.45, 7) is -0.0432. The molecule has 3 aromatic rings. The molecular formula is C23H17ClFNO4S. The first-order chi connectivity index (χ1) is 14.8. The van der Waals surface area contributed by atoms with Gasteiger partial charge in [-0.2, -0.15) is 0 Å². The summed E-state index contributed by atoms with van der Waals surface area (Å²) in [6.07, 6.45) is 0. The zero-order chi connectivity index (χ0) is 22.2. The van der Waals surface area contributed by atoms with Crippen LogP contribution in [0.2, 0.25) is 5.02 Å². The predicted molar refractivity (Wildman–Crippen MR) is 114 cm³/mol. The highest BCUT2D eigenvalue weighted by Crippen LogP contribution is 2.43. The van der Waals surface area contributed by atoms with E-state index in [1.165, 1.54) is 41.3 Å². The third-order valence-electron chi connectivity index (χ3n) is 5.08. The van der Waals surface area contributed by atoms with Crippen LogP contribution in [0.3, 0.4) is 0 Å². The molecule has 4 rings (SSSR count). The number of sulfone groups is 1. The van der Waals surface area contributed by atoms with Gasteiger partial charge in [0.1, 0.15) is 10.7 Å². The summed E-state index contributed by atoms with van der Waals surface area (Å²) < 4.78 is 40.4. The molecule has 0 unspecified atom stereocenters. The summed E-state index contributed by atoms with van der Waals surface area (Å²) in [7, 11) is -4.22. The molecule has 0 aliphatic carbocycles. The van der Waals surface area contributed by atoms with E-state index < -0.39 is 38.3 Å². The number of rotatable bonds is 5. The monoisotopic (exact) mass is 457 g/mol. The van der Waals surface area contributed by atoms with Crippen molar-refractivity contribution in [3.8, 4) is 0 Å². The van der Waals surface area contributed by atoms with E-state index in [0.29, 0.717) is 16.1 Å². The predicted octanol–water partition coefficient (Wildman–Crippen LogP) is 4.81. The van der Waals surface area contributed by atoms with Crippen molar-refractivity contribution in [3.63, 3.8) is 0 Å². The molecule has 158 valence electrons. The lowest BCUT2D eigenvalue weighted by Crippen LogP contribution is -2.30. The van der Waals surface area contributed by atoms with Gasteiger partial charge in [0.2, 0.25) is 9.84 Å². The van der Waals surface area contributed by atoms with Gasteiger partial charge in [0, 0.05) is 11.6 Å². The van der Waals surface area contributed by atoms with Crippen molar-refractivity contribution in [2.75, 3.05) is 0 Å². The fourth-order valence-electron chi connectivity index (χ4n) is 3.58. The van der Waals surface area contributed by atoms with Crippen molar-refractivity contribution < 1.29 is 22.7 Å². The van der Waals surface area contributed by atoms with Crippen LogP contribution in [0.25, 0.3) is 0 Å². The first kappa shape index (κ1) is 21.1. The Labute approximate surface area is 183 Å². The minimum Gasteiger partial charge on any atom is -0.502 e. The van der Waals surface area contributed by atoms with Gasteiger partial charge in [-0.25, -0.2) is 12.8 Å². The van der Waals surface area contributed by atoms with E-state index in [-0.39, 0.29) is 11.4 Å². The highest BCUT2D eigenvalue weighted by atomic mass is 35.5. The average molecular weight is 458 g/mol. The summed E-state index contributed by atoms with van der Waals surface area (Å²) in [5, 5.41) is 11.1. The minimum absolute atomic E-state index is 0.0432. The van der Waals surface area contributed by atoms with Gasteiger partial charge in [-0.3, -0.25) is 4.79 Å². The van der Waals surface area contributed by atoms with Crippen LogP contribution in [0.1, 0.15) is 17.2 Å². The molecule has 1 aliphatic rings. The third-order valence-corrected chi connectivity index (χ3v) is 7.34. The number of amides is 1. The maximum absolute atomic E-state index is 13.5. The van der Waals surface area contributed by atoms with E-state index in [9.17, 15) is 22.7 Å². The van der Waals surface area contributed by atoms with E-state index in [2.05, 4.69) is 0 Å². The topological polar surface area (TPSA) is 74.7 Å². The Kier molecular flexibility index (Phi) is 5.56. The number of benzene rings is 3. The number of nitrogens with zero attached hydrogens (tertiary/aromatic N) is 1. The number of carbonyl (C=O) groups excluding carboxylic acids is 1. The van der Waals surface area contributed by atoms with E-state index in [4.69, 9.17) is 11.6 Å². The summed E-state index contributed by atoms with van der Waals surface area (Å²) in [4.78, 5) is 13.7. The maximum Gasteiger partial charge on any atom is 0.290 e. The van der Waals surface area contributed by atoms with Crippen LogP contribution >= 0.6 is 11.6 Å². The van der Waals surface area contributed by atoms with Gasteiger partial charge in [0.25, 0.3) is 5.91 Å². The second-order valence-electron chi connectivity index (χ2n) is 7.01. The van der Waals surface area contributed by atoms with Crippen molar-refractivity contribution in [2.45, 2.75) is 17.5 Å². The molecule has 1 aliphatic heterocycles. The van der Waals surface area contributed by atoms with Crippen LogP contribution in [-0.4, -0.2) is 24.3 Å². The van der Waals surface area contributed by atoms with Crippen LogP contribution in [0, 0.1) is 5.82 Å². The fourth-order valence-corrected chi connectivity index (χ4v) is 5.44. The lowest BCUT2D eigenvalue weighted by atomic mass is 10.1. The first-order valence-electron chi connectivity index (χ1n) is 9.34. The second-order valence-corrected chi connectivity index (χ2v) is 9.33. The normalized spacial score (nSPS) is 16.8. The van der Waals surface area contributed by atoms with Gasteiger partial charge in [-0.05, 0) is 41.5 Å². The maximum atomic E-state index is 13.5. The SMILES string of the molecule is O=C1C(O)=C(S(=O)(=O)c2ccccc2)[C@H](c2ccc(F)cc2)N1Cc1ccccc1Cl. The number of hydrogen-bond acceptors (Lipinski definition) is 4. The smallest absolute Gasteiger partial charge is 0.290 e. The Morgan fingerprint density at radius 1 is 0.935 bits per heavy atom. The highest BCUT2D eigenvalue weighted by Gasteiger charge is 2.46. The lowest BCUT2D eigenvalue weighted by Gasteiger charge is -2.27. The van der Waals surface area contributed by atoms with E-state index in [1.54, 1.807) is 42.5 Å². The molecule has 3 aromatic carbocycles. The number of hydrogen-bond donors (Lipinski definition) is 1. The van der Waals surface area contributed by atoms with Crippen LogP contribution in [0.4, 0.5) is 4.39 Å².